The first kappa shape index (κ1) is 18.5. The second kappa shape index (κ2) is 7.14. The summed E-state index contributed by atoms with van der Waals surface area (Å²) in [6.07, 6.45) is 4.40. The molecule has 6 nitrogen and oxygen atoms in total. The average Bonchev–Trinajstić information content (AvgIpc) is 2.95. The molecule has 3 rings (SSSR count). The largest absolute Gasteiger partial charge is 0.403 e. The van der Waals surface area contributed by atoms with E-state index in [9.17, 15) is 13.2 Å². The highest BCUT2D eigenvalue weighted by Gasteiger charge is 2.19. The van der Waals surface area contributed by atoms with E-state index < -0.39 is 15.8 Å². The van der Waals surface area contributed by atoms with Crippen LogP contribution in [0.5, 0.6) is 5.88 Å². The van der Waals surface area contributed by atoms with E-state index in [-0.39, 0.29) is 21.4 Å². The Morgan fingerprint density at radius 2 is 2.04 bits per heavy atom. The van der Waals surface area contributed by atoms with Gasteiger partial charge >= 0.3 is 5.97 Å². The number of aromatic nitrogens is 2. The Morgan fingerprint density at radius 1 is 1.27 bits per heavy atom. The predicted molar refractivity (Wildman–Crippen MR) is 99.6 cm³/mol. The van der Waals surface area contributed by atoms with Crippen molar-refractivity contribution in [3.8, 4) is 16.5 Å². The van der Waals surface area contributed by atoms with Gasteiger partial charge in [0, 0.05) is 24.2 Å². The molecule has 0 atom stereocenters. The Balaban J connectivity index is 1.86. The van der Waals surface area contributed by atoms with Crippen LogP contribution >= 0.6 is 22.9 Å². The minimum Gasteiger partial charge on any atom is -0.403 e. The number of hydrogen-bond donors (Lipinski definition) is 0. The SMILES string of the molecule is Cc1sc(-c2cccnc2)nc1OC(=O)c1ccc(S(C)(=O)=O)cc1Cl. The molecule has 0 aliphatic carbocycles. The van der Waals surface area contributed by atoms with Gasteiger partial charge in [0.05, 0.1) is 20.4 Å². The number of ether oxygens (including phenoxy) is 1. The van der Waals surface area contributed by atoms with Gasteiger partial charge in [-0.2, -0.15) is 0 Å². The average molecular weight is 409 g/mol. The van der Waals surface area contributed by atoms with Crippen molar-refractivity contribution in [3.63, 3.8) is 0 Å². The lowest BCUT2D eigenvalue weighted by molar-refractivity contribution is 0.0727. The number of thiazole rings is 1. The maximum atomic E-state index is 12.4. The number of rotatable bonds is 4. The van der Waals surface area contributed by atoms with Crippen molar-refractivity contribution in [2.75, 3.05) is 6.26 Å². The fourth-order valence-electron chi connectivity index (χ4n) is 2.12. The molecule has 0 fully saturated rings. The van der Waals surface area contributed by atoms with Crippen LogP contribution in [0.3, 0.4) is 0 Å². The first-order valence-corrected chi connectivity index (χ1v) is 10.4. The van der Waals surface area contributed by atoms with Crippen molar-refractivity contribution in [1.29, 1.82) is 0 Å². The van der Waals surface area contributed by atoms with Crippen molar-refractivity contribution >= 4 is 38.7 Å². The lowest BCUT2D eigenvalue weighted by atomic mass is 10.2. The standard InChI is InChI=1S/C17H13ClN2O4S2/c1-10-15(20-16(25-10)11-4-3-7-19-9-11)24-17(21)13-6-5-12(8-14(13)18)26(2,22)23/h3-9H,1-2H3. The molecule has 0 bridgehead atoms. The van der Waals surface area contributed by atoms with E-state index in [1.807, 2.05) is 6.07 Å². The number of carbonyl (C=O) groups excluding carboxylic acids is 1. The summed E-state index contributed by atoms with van der Waals surface area (Å²) in [6, 6.07) is 7.51. The normalized spacial score (nSPS) is 11.3. The van der Waals surface area contributed by atoms with Crippen molar-refractivity contribution in [2.24, 2.45) is 0 Å². The molecule has 26 heavy (non-hydrogen) atoms. The van der Waals surface area contributed by atoms with E-state index in [1.165, 1.54) is 29.5 Å². The number of aryl methyl sites for hydroxylation is 1. The number of carbonyl (C=O) groups is 1. The lowest BCUT2D eigenvalue weighted by Crippen LogP contribution is -2.10. The molecule has 0 amide bonds. The highest BCUT2D eigenvalue weighted by molar-refractivity contribution is 7.90. The van der Waals surface area contributed by atoms with Crippen molar-refractivity contribution in [2.45, 2.75) is 11.8 Å². The van der Waals surface area contributed by atoms with Gasteiger partial charge in [0.1, 0.15) is 5.01 Å². The van der Waals surface area contributed by atoms with Crippen molar-refractivity contribution < 1.29 is 17.9 Å². The van der Waals surface area contributed by atoms with Gasteiger partial charge in [0.25, 0.3) is 0 Å². The number of halogens is 1. The molecule has 0 aliphatic rings. The summed E-state index contributed by atoms with van der Waals surface area (Å²) in [5.41, 5.74) is 0.882. The maximum Gasteiger partial charge on any atom is 0.346 e. The molecule has 134 valence electrons. The number of pyridine rings is 1. The van der Waals surface area contributed by atoms with Crippen LogP contribution in [0.4, 0.5) is 0 Å². The molecule has 0 N–H and O–H groups in total. The minimum atomic E-state index is -3.41. The van der Waals surface area contributed by atoms with Gasteiger partial charge in [-0.1, -0.05) is 11.6 Å². The third-order valence-corrected chi connectivity index (χ3v) is 5.86. The highest BCUT2D eigenvalue weighted by atomic mass is 35.5. The second-order valence-corrected chi connectivity index (χ2v) is 9.05. The fourth-order valence-corrected chi connectivity index (χ4v) is 3.93. The molecule has 9 heteroatoms. The summed E-state index contributed by atoms with van der Waals surface area (Å²) >= 11 is 7.42. The molecule has 0 unspecified atom stereocenters. The monoisotopic (exact) mass is 408 g/mol. The molecule has 0 aliphatic heterocycles. The Labute approximate surface area is 159 Å². The summed E-state index contributed by atoms with van der Waals surface area (Å²) in [5, 5.41) is 0.676. The summed E-state index contributed by atoms with van der Waals surface area (Å²) in [5.74, 6) is -0.525. The van der Waals surface area contributed by atoms with Crippen molar-refractivity contribution in [3.05, 3.63) is 58.2 Å². The molecule has 2 aromatic heterocycles. The zero-order chi connectivity index (χ0) is 18.9. The minimum absolute atomic E-state index is 0.00158. The van der Waals surface area contributed by atoms with Crippen LogP contribution in [-0.2, 0) is 9.84 Å². The number of hydrogen-bond acceptors (Lipinski definition) is 7. The van der Waals surface area contributed by atoms with E-state index in [0.29, 0.717) is 5.01 Å². The van der Waals surface area contributed by atoms with Gasteiger partial charge in [-0.15, -0.1) is 11.3 Å². The zero-order valence-corrected chi connectivity index (χ0v) is 16.2. The molecule has 0 spiro atoms. The van der Waals surface area contributed by atoms with Gasteiger partial charge in [-0.05, 0) is 37.3 Å². The Hall–Kier alpha value is -2.29. The first-order valence-electron chi connectivity index (χ1n) is 7.35. The van der Waals surface area contributed by atoms with E-state index in [1.54, 1.807) is 25.4 Å². The maximum absolute atomic E-state index is 12.4. The number of benzene rings is 1. The van der Waals surface area contributed by atoms with E-state index in [4.69, 9.17) is 16.3 Å². The number of esters is 1. The summed E-state index contributed by atoms with van der Waals surface area (Å²) in [7, 11) is -3.41. The molecule has 3 aromatic rings. The summed E-state index contributed by atoms with van der Waals surface area (Å²) in [4.78, 5) is 21.5. The van der Waals surface area contributed by atoms with Crippen LogP contribution in [0, 0.1) is 6.92 Å². The zero-order valence-electron chi connectivity index (χ0n) is 13.8. The Bertz CT molecular complexity index is 1080. The van der Waals surface area contributed by atoms with Crippen LogP contribution in [0.1, 0.15) is 15.2 Å². The topological polar surface area (TPSA) is 86.2 Å². The molecule has 1 aromatic carbocycles. The summed E-state index contributed by atoms with van der Waals surface area (Å²) < 4.78 is 28.4. The molecule has 0 saturated heterocycles. The van der Waals surface area contributed by atoms with Gasteiger partial charge in [-0.3, -0.25) is 4.98 Å². The van der Waals surface area contributed by atoms with E-state index >= 15 is 0 Å². The highest BCUT2D eigenvalue weighted by Crippen LogP contribution is 2.32. The van der Waals surface area contributed by atoms with E-state index in [0.717, 1.165) is 16.7 Å². The molecule has 0 saturated carbocycles. The predicted octanol–water partition coefficient (Wildman–Crippen LogP) is 3.79. The molecular formula is C17H13ClN2O4S2. The van der Waals surface area contributed by atoms with Crippen LogP contribution < -0.4 is 4.74 Å². The Morgan fingerprint density at radius 3 is 2.65 bits per heavy atom. The summed E-state index contributed by atoms with van der Waals surface area (Å²) in [6.45, 7) is 1.79. The molecular weight excluding hydrogens is 396 g/mol. The lowest BCUT2D eigenvalue weighted by Gasteiger charge is -2.06. The van der Waals surface area contributed by atoms with Crippen LogP contribution in [-0.4, -0.2) is 30.6 Å². The van der Waals surface area contributed by atoms with Crippen LogP contribution in [0.15, 0.2) is 47.6 Å². The number of nitrogens with zero attached hydrogens (tertiary/aromatic N) is 2. The molecule has 2 heterocycles. The van der Waals surface area contributed by atoms with E-state index in [2.05, 4.69) is 9.97 Å². The van der Waals surface area contributed by atoms with Gasteiger partial charge in [0.15, 0.2) is 9.84 Å². The molecule has 0 radical (unpaired) electrons. The third kappa shape index (κ3) is 3.92. The van der Waals surface area contributed by atoms with Gasteiger partial charge in [0.2, 0.25) is 5.88 Å². The van der Waals surface area contributed by atoms with Gasteiger partial charge in [-0.25, -0.2) is 18.2 Å². The fraction of sp³-hybridized carbons (Fsp3) is 0.118. The second-order valence-electron chi connectivity index (χ2n) is 5.43. The number of sulfone groups is 1. The first-order chi connectivity index (χ1) is 12.3. The van der Waals surface area contributed by atoms with Crippen LogP contribution in [0.2, 0.25) is 5.02 Å². The van der Waals surface area contributed by atoms with Gasteiger partial charge < -0.3 is 4.74 Å². The van der Waals surface area contributed by atoms with Crippen molar-refractivity contribution in [1.82, 2.24) is 9.97 Å². The Kier molecular flexibility index (Phi) is 5.08. The smallest absolute Gasteiger partial charge is 0.346 e. The third-order valence-electron chi connectivity index (χ3n) is 3.44. The quantitative estimate of drug-likeness (QED) is 0.610. The van der Waals surface area contributed by atoms with Crippen LogP contribution in [0.25, 0.3) is 10.6 Å².